The zero-order valence-electron chi connectivity index (χ0n) is 14.5. The largest absolute Gasteiger partial charge is 0.478 e. The molecule has 0 atom stereocenters. The van der Waals surface area contributed by atoms with Crippen molar-refractivity contribution < 1.29 is 27.9 Å². The van der Waals surface area contributed by atoms with Crippen LogP contribution in [0.25, 0.3) is 6.08 Å². The molecule has 6 N–H and O–H groups in total. The number of alkyl halides is 3. The first-order valence-corrected chi connectivity index (χ1v) is 8.17. The van der Waals surface area contributed by atoms with Crippen molar-refractivity contribution in [2.24, 2.45) is 16.5 Å². The number of aliphatic imine (C=N–C) groups is 1. The van der Waals surface area contributed by atoms with Crippen LogP contribution in [0.5, 0.6) is 0 Å². The summed E-state index contributed by atoms with van der Waals surface area (Å²) in [6.45, 7) is 0. The number of rotatable bonds is 5. The number of carboxylic acid groups (broad SMARTS) is 1. The predicted octanol–water partition coefficient (Wildman–Crippen LogP) is 3.61. The third-order valence-electron chi connectivity index (χ3n) is 3.43. The summed E-state index contributed by atoms with van der Waals surface area (Å²) in [6, 6.07) is 6.63. The number of carbonyl (C=O) groups is 2. The van der Waals surface area contributed by atoms with E-state index in [0.29, 0.717) is 17.7 Å². The van der Waals surface area contributed by atoms with E-state index in [1.54, 1.807) is 0 Å². The molecule has 0 aliphatic carbocycles. The van der Waals surface area contributed by atoms with Gasteiger partial charge >= 0.3 is 12.1 Å². The van der Waals surface area contributed by atoms with Gasteiger partial charge in [0.15, 0.2) is 5.96 Å². The van der Waals surface area contributed by atoms with Crippen LogP contribution in [0.15, 0.2) is 47.5 Å². The van der Waals surface area contributed by atoms with Crippen molar-refractivity contribution in [3.8, 4) is 0 Å². The highest BCUT2D eigenvalue weighted by molar-refractivity contribution is 6.32. The van der Waals surface area contributed by atoms with Gasteiger partial charge in [0, 0.05) is 22.3 Å². The molecular weight excluding hydrogens is 413 g/mol. The van der Waals surface area contributed by atoms with E-state index in [9.17, 15) is 22.8 Å². The molecule has 29 heavy (non-hydrogen) atoms. The lowest BCUT2D eigenvalue weighted by Crippen LogP contribution is -2.22. The number of guanidine groups is 1. The summed E-state index contributed by atoms with van der Waals surface area (Å²) in [6.07, 6.45) is -2.58. The smallest absolute Gasteiger partial charge is 0.416 e. The van der Waals surface area contributed by atoms with Crippen molar-refractivity contribution in [3.63, 3.8) is 0 Å². The maximum atomic E-state index is 13.1. The fourth-order valence-electron chi connectivity index (χ4n) is 2.22. The van der Waals surface area contributed by atoms with Gasteiger partial charge in [0.2, 0.25) is 0 Å². The minimum absolute atomic E-state index is 0.130. The summed E-state index contributed by atoms with van der Waals surface area (Å²) in [4.78, 5) is 26.5. The van der Waals surface area contributed by atoms with E-state index >= 15 is 0 Å². The highest BCUT2D eigenvalue weighted by atomic mass is 35.5. The van der Waals surface area contributed by atoms with E-state index in [2.05, 4.69) is 10.3 Å². The second-order valence-corrected chi connectivity index (χ2v) is 6.07. The number of hydrogen-bond acceptors (Lipinski definition) is 3. The van der Waals surface area contributed by atoms with Gasteiger partial charge in [-0.05, 0) is 42.0 Å². The summed E-state index contributed by atoms with van der Waals surface area (Å²) in [5.74, 6) is -2.49. The number of benzene rings is 2. The number of nitrogens with zero attached hydrogens (tertiary/aromatic N) is 1. The van der Waals surface area contributed by atoms with Gasteiger partial charge in [0.1, 0.15) is 0 Å². The van der Waals surface area contributed by atoms with Crippen molar-refractivity contribution in [1.82, 2.24) is 0 Å². The molecule has 0 aliphatic rings. The Hall–Kier alpha value is -3.53. The zero-order chi connectivity index (χ0) is 21.8. The molecule has 7 nitrogen and oxygen atoms in total. The molecule has 0 saturated heterocycles. The molecule has 11 heteroatoms. The number of aliphatic carboxylic acids is 1. The maximum absolute atomic E-state index is 13.1. The molecule has 2 aromatic rings. The van der Waals surface area contributed by atoms with Crippen molar-refractivity contribution >= 4 is 46.9 Å². The fraction of sp³-hybridized carbons (Fsp3) is 0.0556. The van der Waals surface area contributed by atoms with E-state index in [4.69, 9.17) is 28.2 Å². The highest BCUT2D eigenvalue weighted by Crippen LogP contribution is 2.33. The van der Waals surface area contributed by atoms with E-state index in [-0.39, 0.29) is 22.0 Å². The van der Waals surface area contributed by atoms with Gasteiger partial charge in [-0.3, -0.25) is 4.79 Å². The summed E-state index contributed by atoms with van der Waals surface area (Å²) >= 11 is 6.02. The number of anilines is 1. The Bertz CT molecular complexity index is 1020. The van der Waals surface area contributed by atoms with Crippen LogP contribution in [0.2, 0.25) is 5.02 Å². The first kappa shape index (κ1) is 21.8. The molecule has 0 aliphatic heterocycles. The van der Waals surface area contributed by atoms with Gasteiger partial charge in [0.05, 0.1) is 11.3 Å². The molecule has 0 aromatic heterocycles. The normalized spacial score (nSPS) is 11.3. The zero-order valence-corrected chi connectivity index (χ0v) is 15.3. The van der Waals surface area contributed by atoms with Crippen molar-refractivity contribution in [2.75, 3.05) is 5.32 Å². The van der Waals surface area contributed by atoms with Gasteiger partial charge in [0.25, 0.3) is 5.91 Å². The molecule has 0 fully saturated rings. The van der Waals surface area contributed by atoms with Crippen molar-refractivity contribution in [1.29, 1.82) is 0 Å². The molecule has 0 unspecified atom stereocenters. The number of hydrogen-bond donors (Lipinski definition) is 4. The van der Waals surface area contributed by atoms with Crippen LogP contribution in [0, 0.1) is 0 Å². The van der Waals surface area contributed by atoms with Crippen molar-refractivity contribution in [3.05, 3.63) is 64.2 Å². The Morgan fingerprint density at radius 1 is 1.14 bits per heavy atom. The number of amides is 1. The minimum atomic E-state index is -4.72. The molecule has 0 spiro atoms. The van der Waals surface area contributed by atoms with E-state index < -0.39 is 29.6 Å². The molecular formula is C18H14ClF3N4O3. The van der Waals surface area contributed by atoms with Crippen LogP contribution < -0.4 is 16.8 Å². The second kappa shape index (κ2) is 8.65. The van der Waals surface area contributed by atoms with Crippen molar-refractivity contribution in [2.45, 2.75) is 6.18 Å². The van der Waals surface area contributed by atoms with Crippen LogP contribution in [-0.4, -0.2) is 22.9 Å². The molecule has 0 bridgehead atoms. The highest BCUT2D eigenvalue weighted by Gasteiger charge is 2.32. The monoisotopic (exact) mass is 426 g/mol. The minimum Gasteiger partial charge on any atom is -0.478 e. The topological polar surface area (TPSA) is 131 Å². The Labute approximate surface area is 167 Å². The van der Waals surface area contributed by atoms with Crippen LogP contribution >= 0.6 is 11.6 Å². The van der Waals surface area contributed by atoms with Crippen LogP contribution in [-0.2, 0) is 11.0 Å². The Morgan fingerprint density at radius 3 is 2.38 bits per heavy atom. The van der Waals surface area contributed by atoms with E-state index in [1.165, 1.54) is 24.3 Å². The molecule has 0 radical (unpaired) electrons. The molecule has 2 aromatic carbocycles. The lowest BCUT2D eigenvalue weighted by atomic mass is 10.1. The summed E-state index contributed by atoms with van der Waals surface area (Å²) in [7, 11) is 0. The molecule has 152 valence electrons. The number of nitrogens with two attached hydrogens (primary N) is 2. The fourth-order valence-corrected chi connectivity index (χ4v) is 2.47. The third kappa shape index (κ3) is 6.25. The number of carboxylic acids is 1. The van der Waals surface area contributed by atoms with Gasteiger partial charge in [-0.1, -0.05) is 17.7 Å². The Balaban J connectivity index is 2.34. The lowest BCUT2D eigenvalue weighted by molar-refractivity contribution is -0.137. The SMILES string of the molecule is NC(N)=Nc1cc(C(=O)Nc2ccc(/C=C/C(=O)O)c(Cl)c2)cc(C(F)(F)F)c1. The average molecular weight is 427 g/mol. The summed E-state index contributed by atoms with van der Waals surface area (Å²) in [5.41, 5.74) is 9.29. The van der Waals surface area contributed by atoms with Gasteiger partial charge in [-0.2, -0.15) is 13.2 Å². The third-order valence-corrected chi connectivity index (χ3v) is 3.76. The summed E-state index contributed by atoms with van der Waals surface area (Å²) in [5, 5.41) is 11.2. The molecule has 0 heterocycles. The van der Waals surface area contributed by atoms with Gasteiger partial charge < -0.3 is 21.9 Å². The van der Waals surface area contributed by atoms with Crippen LogP contribution in [0.4, 0.5) is 24.5 Å². The van der Waals surface area contributed by atoms with E-state index in [0.717, 1.165) is 12.1 Å². The number of nitrogens with one attached hydrogen (secondary N) is 1. The van der Waals surface area contributed by atoms with Gasteiger partial charge in [-0.15, -0.1) is 0 Å². The van der Waals surface area contributed by atoms with Crippen LogP contribution in [0.3, 0.4) is 0 Å². The van der Waals surface area contributed by atoms with Gasteiger partial charge in [-0.25, -0.2) is 9.79 Å². The first-order chi connectivity index (χ1) is 13.5. The maximum Gasteiger partial charge on any atom is 0.416 e. The van der Waals surface area contributed by atoms with Crippen LogP contribution in [0.1, 0.15) is 21.5 Å². The first-order valence-electron chi connectivity index (χ1n) is 7.79. The quantitative estimate of drug-likeness (QED) is 0.329. The number of carbonyl (C=O) groups excluding carboxylic acids is 1. The molecule has 2 rings (SSSR count). The molecule has 1 amide bonds. The Kier molecular flexibility index (Phi) is 6.49. The summed E-state index contributed by atoms with van der Waals surface area (Å²) < 4.78 is 39.3. The second-order valence-electron chi connectivity index (χ2n) is 5.66. The van der Waals surface area contributed by atoms with E-state index in [1.807, 2.05) is 0 Å². The standard InChI is InChI=1S/C18H14ClF3N4O3/c19-14-8-12(3-1-9(14)2-4-15(27)28)25-16(29)10-5-11(18(20,21)22)7-13(6-10)26-17(23)24/h1-8H,(H,25,29)(H,27,28)(H4,23,24,26)/b4-2+. The predicted molar refractivity (Wildman–Crippen MR) is 103 cm³/mol. The average Bonchev–Trinajstić information content (AvgIpc) is 2.59. The molecule has 0 saturated carbocycles. The lowest BCUT2D eigenvalue weighted by Gasteiger charge is -2.11. The number of halogens is 4. The Morgan fingerprint density at radius 2 is 1.83 bits per heavy atom.